The first-order chi connectivity index (χ1) is 19.1. The number of amides is 3. The van der Waals surface area contributed by atoms with E-state index >= 15 is 0 Å². The lowest BCUT2D eigenvalue weighted by atomic mass is 9.76. The molecule has 3 atom stereocenters. The third-order valence-electron chi connectivity index (χ3n) is 9.68. The van der Waals surface area contributed by atoms with Gasteiger partial charge in [0, 0.05) is 47.1 Å². The first kappa shape index (κ1) is 25.1. The van der Waals surface area contributed by atoms with Crippen molar-refractivity contribution in [2.45, 2.75) is 71.5 Å². The topological polar surface area (TPSA) is 107 Å². The summed E-state index contributed by atoms with van der Waals surface area (Å²) in [6.07, 6.45) is 4.64. The summed E-state index contributed by atoms with van der Waals surface area (Å²) >= 11 is 0. The quantitative estimate of drug-likeness (QED) is 0.451. The normalized spacial score (nSPS) is 25.0. The van der Waals surface area contributed by atoms with Gasteiger partial charge in [0.15, 0.2) is 0 Å². The molecule has 8 heteroatoms. The minimum atomic E-state index is -0.400. The second kappa shape index (κ2) is 8.78. The van der Waals surface area contributed by atoms with Crippen molar-refractivity contribution < 1.29 is 14.4 Å². The maximum atomic E-state index is 13.4. The van der Waals surface area contributed by atoms with Crippen LogP contribution in [0.2, 0.25) is 0 Å². The number of carbonyl (C=O) groups excluding carboxylic acids is 3. The number of H-pyrrole nitrogens is 1. The zero-order valence-electron chi connectivity index (χ0n) is 23.3. The van der Waals surface area contributed by atoms with Crippen LogP contribution in [0.3, 0.4) is 0 Å². The molecule has 3 amide bonds. The summed E-state index contributed by atoms with van der Waals surface area (Å²) in [5, 5.41) is 13.8. The van der Waals surface area contributed by atoms with Crippen LogP contribution in [0.25, 0.3) is 11.3 Å². The van der Waals surface area contributed by atoms with Crippen molar-refractivity contribution in [3.05, 3.63) is 76.0 Å². The van der Waals surface area contributed by atoms with Crippen molar-refractivity contribution in [1.82, 2.24) is 25.7 Å². The number of carbonyl (C=O) groups is 3. The number of aromatic amines is 1. The van der Waals surface area contributed by atoms with Gasteiger partial charge in [-0.15, -0.1) is 0 Å². The molecular weight excluding hydrogens is 502 g/mol. The summed E-state index contributed by atoms with van der Waals surface area (Å²) in [6.45, 7) is 7.85. The Kier molecular flexibility index (Phi) is 5.50. The fraction of sp³-hybridized carbons (Fsp3) is 0.438. The molecule has 1 unspecified atom stereocenters. The van der Waals surface area contributed by atoms with E-state index in [-0.39, 0.29) is 35.2 Å². The van der Waals surface area contributed by atoms with Crippen LogP contribution in [0.1, 0.15) is 89.2 Å². The number of benzene rings is 2. The highest BCUT2D eigenvalue weighted by atomic mass is 16.2. The van der Waals surface area contributed by atoms with E-state index in [9.17, 15) is 14.4 Å². The fourth-order valence-corrected chi connectivity index (χ4v) is 6.93. The number of fused-ring (bicyclic) bond motifs is 2. The lowest BCUT2D eigenvalue weighted by molar-refractivity contribution is -0.123. The van der Waals surface area contributed by atoms with Gasteiger partial charge in [-0.3, -0.25) is 19.5 Å². The Morgan fingerprint density at radius 3 is 2.67 bits per heavy atom. The lowest BCUT2D eigenvalue weighted by Crippen LogP contribution is -2.33. The molecule has 3 heterocycles. The molecule has 0 bridgehead atoms. The zero-order valence-corrected chi connectivity index (χ0v) is 23.3. The average molecular weight is 538 g/mol. The molecule has 0 radical (unpaired) electrons. The molecule has 3 N–H and O–H groups in total. The summed E-state index contributed by atoms with van der Waals surface area (Å²) in [6, 6.07) is 13.3. The zero-order chi connectivity index (χ0) is 27.8. The molecule has 1 spiro atoms. The van der Waals surface area contributed by atoms with Crippen molar-refractivity contribution >= 4 is 17.7 Å². The molecule has 8 nitrogen and oxygen atoms in total. The molecule has 2 fully saturated rings. The minimum absolute atomic E-state index is 0.0237. The molecule has 2 aliphatic heterocycles. The summed E-state index contributed by atoms with van der Waals surface area (Å²) in [5.41, 5.74) is 7.78. The number of rotatable bonds is 5. The van der Waals surface area contributed by atoms with Gasteiger partial charge in [0.05, 0.1) is 17.2 Å². The van der Waals surface area contributed by atoms with Gasteiger partial charge in [-0.05, 0) is 79.8 Å². The van der Waals surface area contributed by atoms with E-state index in [4.69, 9.17) is 0 Å². The third-order valence-corrected chi connectivity index (χ3v) is 9.68. The maximum absolute atomic E-state index is 13.4. The van der Waals surface area contributed by atoms with Gasteiger partial charge >= 0.3 is 0 Å². The van der Waals surface area contributed by atoms with Crippen LogP contribution in [0.5, 0.6) is 0 Å². The molecule has 2 aromatic carbocycles. The van der Waals surface area contributed by atoms with E-state index in [1.807, 2.05) is 36.1 Å². The standard InChI is InChI=1S/C32H35N5O3/c1-18(19-4-6-20(7-5-19)28(38)34-26-16-32(26)12-13-33-30(32)40)37-17-22-14-21(8-9-23(22)29(37)39)27-24-10-11-31(2,3)15-25(24)35-36-27/h4-9,14,18,26H,10-13,15-17H2,1-3H3,(H,33,40)(H,34,38)(H,35,36)/t18-,26?,32+/m1/s1. The van der Waals surface area contributed by atoms with E-state index in [2.05, 4.69) is 40.7 Å². The van der Waals surface area contributed by atoms with Gasteiger partial charge in [0.1, 0.15) is 0 Å². The number of nitrogens with one attached hydrogen (secondary N) is 3. The summed E-state index contributed by atoms with van der Waals surface area (Å²) in [7, 11) is 0. The van der Waals surface area contributed by atoms with E-state index in [0.717, 1.165) is 53.6 Å². The fourth-order valence-electron chi connectivity index (χ4n) is 6.93. The van der Waals surface area contributed by atoms with Gasteiger partial charge in [-0.2, -0.15) is 5.10 Å². The van der Waals surface area contributed by atoms with Gasteiger partial charge in [0.2, 0.25) is 5.91 Å². The molecule has 1 saturated heterocycles. The molecule has 7 rings (SSSR count). The first-order valence-electron chi connectivity index (χ1n) is 14.3. The molecule has 2 aliphatic carbocycles. The van der Waals surface area contributed by atoms with E-state index < -0.39 is 5.41 Å². The maximum Gasteiger partial charge on any atom is 0.255 e. The van der Waals surface area contributed by atoms with Crippen LogP contribution >= 0.6 is 0 Å². The highest BCUT2D eigenvalue weighted by Crippen LogP contribution is 2.51. The molecule has 4 aliphatic rings. The van der Waals surface area contributed by atoms with Crippen molar-refractivity contribution in [2.75, 3.05) is 6.54 Å². The molecule has 40 heavy (non-hydrogen) atoms. The van der Waals surface area contributed by atoms with Crippen LogP contribution in [-0.2, 0) is 24.2 Å². The molecular formula is C32H35N5O3. The van der Waals surface area contributed by atoms with Crippen LogP contribution in [0.4, 0.5) is 0 Å². The predicted molar refractivity (Wildman–Crippen MR) is 150 cm³/mol. The number of hydrogen-bond acceptors (Lipinski definition) is 4. The highest BCUT2D eigenvalue weighted by Gasteiger charge is 2.62. The molecule has 206 valence electrons. The largest absolute Gasteiger partial charge is 0.356 e. The number of aromatic nitrogens is 2. The van der Waals surface area contributed by atoms with Crippen LogP contribution in [-0.4, -0.2) is 45.4 Å². The smallest absolute Gasteiger partial charge is 0.255 e. The number of nitrogens with zero attached hydrogens (tertiary/aromatic N) is 2. The van der Waals surface area contributed by atoms with Gasteiger partial charge in [-0.25, -0.2) is 0 Å². The minimum Gasteiger partial charge on any atom is -0.356 e. The van der Waals surface area contributed by atoms with Crippen LogP contribution < -0.4 is 10.6 Å². The number of hydrogen-bond donors (Lipinski definition) is 3. The van der Waals surface area contributed by atoms with E-state index in [1.165, 1.54) is 11.3 Å². The Morgan fingerprint density at radius 1 is 1.12 bits per heavy atom. The average Bonchev–Trinajstić information content (AvgIpc) is 3.17. The second-order valence-electron chi connectivity index (χ2n) is 12.9. The van der Waals surface area contributed by atoms with Gasteiger partial charge in [-0.1, -0.05) is 32.0 Å². The first-order valence-corrected chi connectivity index (χ1v) is 14.3. The molecule has 1 aromatic heterocycles. The van der Waals surface area contributed by atoms with Crippen molar-refractivity contribution in [3.8, 4) is 11.3 Å². The second-order valence-corrected chi connectivity index (χ2v) is 12.9. The Labute approximate surface area is 233 Å². The summed E-state index contributed by atoms with van der Waals surface area (Å²) < 4.78 is 0. The SMILES string of the molecule is C[C@H](c1ccc(C(=O)NC2C[C@@]23CCNC3=O)cc1)N1Cc2cc(-c3n[nH]c4c3CCC(C)(C)C4)ccc2C1=O. The Hall–Kier alpha value is -3.94. The Morgan fingerprint density at radius 2 is 1.93 bits per heavy atom. The third kappa shape index (κ3) is 3.95. The van der Waals surface area contributed by atoms with Crippen molar-refractivity contribution in [2.24, 2.45) is 10.8 Å². The highest BCUT2D eigenvalue weighted by molar-refractivity contribution is 5.99. The predicted octanol–water partition coefficient (Wildman–Crippen LogP) is 4.32. The lowest BCUT2D eigenvalue weighted by Gasteiger charge is -2.29. The summed E-state index contributed by atoms with van der Waals surface area (Å²) in [4.78, 5) is 40.2. The Balaban J connectivity index is 1.04. The van der Waals surface area contributed by atoms with E-state index in [0.29, 0.717) is 25.1 Å². The van der Waals surface area contributed by atoms with Gasteiger partial charge < -0.3 is 15.5 Å². The van der Waals surface area contributed by atoms with Gasteiger partial charge in [0.25, 0.3) is 11.8 Å². The molecule has 1 saturated carbocycles. The Bertz CT molecular complexity index is 1550. The van der Waals surface area contributed by atoms with Crippen molar-refractivity contribution in [1.29, 1.82) is 0 Å². The van der Waals surface area contributed by atoms with Crippen LogP contribution in [0, 0.1) is 10.8 Å². The van der Waals surface area contributed by atoms with Crippen molar-refractivity contribution in [3.63, 3.8) is 0 Å². The van der Waals surface area contributed by atoms with Crippen LogP contribution in [0.15, 0.2) is 42.5 Å². The molecule has 3 aromatic rings. The van der Waals surface area contributed by atoms with E-state index in [1.54, 1.807) is 12.1 Å². The summed E-state index contributed by atoms with van der Waals surface area (Å²) in [5.74, 6) is -0.0873. The monoisotopic (exact) mass is 537 g/mol.